The Morgan fingerprint density at radius 2 is 1.36 bits per heavy atom. The van der Waals surface area contributed by atoms with E-state index >= 15 is 0 Å². The van der Waals surface area contributed by atoms with E-state index in [9.17, 15) is 22.8 Å². The van der Waals surface area contributed by atoms with Gasteiger partial charge in [0.2, 0.25) is 0 Å². The van der Waals surface area contributed by atoms with Crippen molar-refractivity contribution in [3.63, 3.8) is 0 Å². The predicted molar refractivity (Wildman–Crippen MR) is 114 cm³/mol. The van der Waals surface area contributed by atoms with Gasteiger partial charge < -0.3 is 14.6 Å². The van der Waals surface area contributed by atoms with Crippen molar-refractivity contribution in [1.82, 2.24) is 0 Å². The highest BCUT2D eigenvalue weighted by Crippen LogP contribution is 2.31. The number of benzene rings is 3. The Bertz CT molecular complexity index is 1060. The van der Waals surface area contributed by atoms with E-state index < -0.39 is 36.0 Å². The minimum Gasteiger partial charge on any atom is -0.483 e. The van der Waals surface area contributed by atoms with Crippen LogP contribution in [0.15, 0.2) is 78.9 Å². The molecular formula is C25H21F3O5. The normalized spacial score (nSPS) is 12.1. The number of carboxylic acids is 1. The third-order valence-corrected chi connectivity index (χ3v) is 4.74. The van der Waals surface area contributed by atoms with Crippen LogP contribution in [0.3, 0.4) is 0 Å². The summed E-state index contributed by atoms with van der Waals surface area (Å²) in [7, 11) is 0. The summed E-state index contributed by atoms with van der Waals surface area (Å²) in [6.07, 6.45) is -5.17. The Balaban J connectivity index is 1.65. The molecule has 172 valence electrons. The fraction of sp³-hybridized carbons (Fsp3) is 0.200. The molecule has 1 N–H and O–H groups in total. The number of hydrogen-bond donors (Lipinski definition) is 1. The average Bonchev–Trinajstić information content (AvgIpc) is 2.77. The first kappa shape index (κ1) is 23.8. The number of aryl methyl sites for hydroxylation is 1. The summed E-state index contributed by atoms with van der Waals surface area (Å²) in [5.74, 6) is -0.836. The molecule has 0 aliphatic heterocycles. The van der Waals surface area contributed by atoms with Gasteiger partial charge in [0.25, 0.3) is 0 Å². The van der Waals surface area contributed by atoms with E-state index in [4.69, 9.17) is 14.6 Å². The maximum Gasteiger partial charge on any atom is 0.416 e. The Labute approximate surface area is 188 Å². The maximum absolute atomic E-state index is 12.7. The molecule has 1 atom stereocenters. The number of hydrogen-bond acceptors (Lipinski definition) is 4. The number of rotatable bonds is 10. The van der Waals surface area contributed by atoms with Crippen molar-refractivity contribution < 1.29 is 37.3 Å². The second kappa shape index (κ2) is 10.7. The number of Topliss-reactive ketones (excluding diaryl/α,β-unsaturated/α-hetero) is 1. The van der Waals surface area contributed by atoms with Crippen LogP contribution in [0.5, 0.6) is 17.2 Å². The van der Waals surface area contributed by atoms with Crippen LogP contribution in [-0.2, 0) is 22.2 Å². The molecule has 0 fully saturated rings. The SMILES string of the molecule is O=C(O)CC(=O)[C@@H](CCc1ccccc1)Oc1ccc(Oc2ccc(C(F)(F)F)cc2)cc1. The Morgan fingerprint density at radius 3 is 1.91 bits per heavy atom. The standard InChI is InChI=1S/C25H21F3O5/c26-25(27,28)18-7-9-19(10-8-18)32-20-11-13-21(14-12-20)33-23(22(29)16-24(30)31)15-6-17-4-2-1-3-5-17/h1-5,7-14,23H,6,15-16H2,(H,30,31)/t23-/m1/s1. The van der Waals surface area contributed by atoms with Gasteiger partial charge in [-0.3, -0.25) is 9.59 Å². The summed E-state index contributed by atoms with van der Waals surface area (Å²) in [5.41, 5.74) is 0.223. The van der Waals surface area contributed by atoms with Crippen molar-refractivity contribution in [2.75, 3.05) is 0 Å². The maximum atomic E-state index is 12.7. The molecule has 0 saturated carbocycles. The summed E-state index contributed by atoms with van der Waals surface area (Å²) < 4.78 is 49.3. The number of alkyl halides is 3. The van der Waals surface area contributed by atoms with E-state index in [0.717, 1.165) is 17.7 Å². The van der Waals surface area contributed by atoms with Gasteiger partial charge >= 0.3 is 12.1 Å². The summed E-state index contributed by atoms with van der Waals surface area (Å²) >= 11 is 0. The molecule has 33 heavy (non-hydrogen) atoms. The fourth-order valence-electron chi connectivity index (χ4n) is 3.09. The van der Waals surface area contributed by atoms with Crippen LogP contribution in [0, 0.1) is 0 Å². The molecule has 3 rings (SSSR count). The van der Waals surface area contributed by atoms with Crippen molar-refractivity contribution in [1.29, 1.82) is 0 Å². The number of carbonyl (C=O) groups is 2. The lowest BCUT2D eigenvalue weighted by molar-refractivity contribution is -0.142. The van der Waals surface area contributed by atoms with E-state index in [1.165, 1.54) is 12.1 Å². The second-order valence-electron chi connectivity index (χ2n) is 7.26. The number of halogens is 3. The van der Waals surface area contributed by atoms with Crippen molar-refractivity contribution in [3.05, 3.63) is 90.0 Å². The number of ether oxygens (including phenoxy) is 2. The molecule has 0 spiro atoms. The first-order valence-electron chi connectivity index (χ1n) is 10.1. The summed E-state index contributed by atoms with van der Waals surface area (Å²) in [4.78, 5) is 23.4. The third kappa shape index (κ3) is 7.38. The molecule has 0 amide bonds. The first-order chi connectivity index (χ1) is 15.7. The van der Waals surface area contributed by atoms with Crippen LogP contribution >= 0.6 is 0 Å². The van der Waals surface area contributed by atoms with Gasteiger partial charge in [-0.1, -0.05) is 30.3 Å². The summed E-state index contributed by atoms with van der Waals surface area (Å²) in [6, 6.07) is 19.9. The smallest absolute Gasteiger partial charge is 0.416 e. The van der Waals surface area contributed by atoms with E-state index in [2.05, 4.69) is 0 Å². The van der Waals surface area contributed by atoms with Gasteiger partial charge in [0.15, 0.2) is 11.9 Å². The fourth-order valence-corrected chi connectivity index (χ4v) is 3.09. The number of ketones is 1. The van der Waals surface area contributed by atoms with Gasteiger partial charge in [-0.15, -0.1) is 0 Å². The molecule has 5 nitrogen and oxygen atoms in total. The zero-order chi connectivity index (χ0) is 23.8. The molecule has 0 saturated heterocycles. The van der Waals surface area contributed by atoms with Gasteiger partial charge in [-0.25, -0.2) is 0 Å². The van der Waals surface area contributed by atoms with E-state index in [0.29, 0.717) is 24.3 Å². The van der Waals surface area contributed by atoms with Crippen LogP contribution in [0.1, 0.15) is 24.0 Å². The van der Waals surface area contributed by atoms with Gasteiger partial charge in [0.05, 0.1) is 5.56 Å². The summed E-state index contributed by atoms with van der Waals surface area (Å²) in [6.45, 7) is 0. The van der Waals surface area contributed by atoms with Crippen molar-refractivity contribution in [3.8, 4) is 17.2 Å². The van der Waals surface area contributed by atoms with Crippen LogP contribution in [0.25, 0.3) is 0 Å². The molecule has 0 radical (unpaired) electrons. The molecule has 0 aliphatic rings. The Kier molecular flexibility index (Phi) is 7.71. The van der Waals surface area contributed by atoms with Crippen molar-refractivity contribution >= 4 is 11.8 Å². The van der Waals surface area contributed by atoms with Gasteiger partial charge in [0, 0.05) is 0 Å². The summed E-state index contributed by atoms with van der Waals surface area (Å²) in [5, 5.41) is 8.97. The highest BCUT2D eigenvalue weighted by atomic mass is 19.4. The van der Waals surface area contributed by atoms with E-state index in [-0.39, 0.29) is 5.75 Å². The zero-order valence-electron chi connectivity index (χ0n) is 17.4. The van der Waals surface area contributed by atoms with Crippen LogP contribution < -0.4 is 9.47 Å². The average molecular weight is 458 g/mol. The van der Waals surface area contributed by atoms with E-state index in [1.54, 1.807) is 24.3 Å². The third-order valence-electron chi connectivity index (χ3n) is 4.74. The predicted octanol–water partition coefficient (Wildman–Crippen LogP) is 5.92. The second-order valence-corrected chi connectivity index (χ2v) is 7.26. The van der Waals surface area contributed by atoms with Gasteiger partial charge in [0.1, 0.15) is 23.7 Å². The van der Waals surface area contributed by atoms with Crippen molar-refractivity contribution in [2.45, 2.75) is 31.5 Å². The highest BCUT2D eigenvalue weighted by Gasteiger charge is 2.30. The molecule has 3 aromatic carbocycles. The monoisotopic (exact) mass is 458 g/mol. The molecule has 0 heterocycles. The lowest BCUT2D eigenvalue weighted by atomic mass is 10.0. The number of carboxylic acid groups (broad SMARTS) is 1. The zero-order valence-corrected chi connectivity index (χ0v) is 17.4. The Morgan fingerprint density at radius 1 is 0.818 bits per heavy atom. The molecule has 8 heteroatoms. The number of carbonyl (C=O) groups excluding carboxylic acids is 1. The molecule has 0 aromatic heterocycles. The minimum atomic E-state index is -4.42. The van der Waals surface area contributed by atoms with E-state index in [1.807, 2.05) is 30.3 Å². The molecule has 0 bridgehead atoms. The quantitative estimate of drug-likeness (QED) is 0.382. The topological polar surface area (TPSA) is 72.8 Å². The van der Waals surface area contributed by atoms with Crippen molar-refractivity contribution in [2.24, 2.45) is 0 Å². The molecule has 3 aromatic rings. The number of aliphatic carboxylic acids is 1. The minimum absolute atomic E-state index is 0.231. The molecular weight excluding hydrogens is 437 g/mol. The van der Waals surface area contributed by atoms with Crippen LogP contribution in [0.4, 0.5) is 13.2 Å². The molecule has 0 aliphatic carbocycles. The molecule has 0 unspecified atom stereocenters. The van der Waals surface area contributed by atoms with Crippen LogP contribution in [0.2, 0.25) is 0 Å². The largest absolute Gasteiger partial charge is 0.483 e. The highest BCUT2D eigenvalue weighted by molar-refractivity contribution is 5.97. The van der Waals surface area contributed by atoms with Crippen LogP contribution in [-0.4, -0.2) is 23.0 Å². The van der Waals surface area contributed by atoms with Gasteiger partial charge in [-0.2, -0.15) is 13.2 Å². The lowest BCUT2D eigenvalue weighted by Gasteiger charge is -2.18. The Hall–Kier alpha value is -3.81. The lowest BCUT2D eigenvalue weighted by Crippen LogP contribution is -2.29. The first-order valence-corrected chi connectivity index (χ1v) is 10.1. The van der Waals surface area contributed by atoms with Gasteiger partial charge in [-0.05, 0) is 66.9 Å².